The standard InChI is InChI=1S/C15H7IN6/c16-12-9-22(14-6-2-4-11(8-18)20-14)21-15(12)13-5-1-3-10(7-17)19-13/h1-6,9H. The van der Waals surface area contributed by atoms with Gasteiger partial charge in [0.05, 0.1) is 9.26 Å². The average Bonchev–Trinajstić information content (AvgIpc) is 2.97. The minimum Gasteiger partial charge on any atom is -0.235 e. The van der Waals surface area contributed by atoms with E-state index in [4.69, 9.17) is 10.5 Å². The van der Waals surface area contributed by atoms with Gasteiger partial charge >= 0.3 is 0 Å². The molecule has 0 aliphatic carbocycles. The molecule has 0 unspecified atom stereocenters. The summed E-state index contributed by atoms with van der Waals surface area (Å²) in [5, 5.41) is 22.3. The zero-order valence-corrected chi connectivity index (χ0v) is 13.3. The van der Waals surface area contributed by atoms with E-state index >= 15 is 0 Å². The maximum absolute atomic E-state index is 8.94. The SMILES string of the molecule is N#Cc1cccc(-c2nn(-c3cccc(C#N)n3)cc2I)n1. The van der Waals surface area contributed by atoms with Crippen molar-refractivity contribution in [3.05, 3.63) is 57.6 Å². The monoisotopic (exact) mass is 398 g/mol. The average molecular weight is 398 g/mol. The van der Waals surface area contributed by atoms with Crippen LogP contribution in [0.1, 0.15) is 11.4 Å². The van der Waals surface area contributed by atoms with Gasteiger partial charge in [-0.25, -0.2) is 14.6 Å². The molecule has 0 N–H and O–H groups in total. The molecule has 0 bridgehead atoms. The Labute approximate surface area is 139 Å². The Kier molecular flexibility index (Phi) is 3.81. The lowest BCUT2D eigenvalue weighted by molar-refractivity contribution is 0.846. The molecule has 0 aliphatic heterocycles. The Bertz CT molecular complexity index is 932. The summed E-state index contributed by atoms with van der Waals surface area (Å²) in [6, 6.07) is 14.4. The van der Waals surface area contributed by atoms with E-state index in [1.54, 1.807) is 47.3 Å². The van der Waals surface area contributed by atoms with Crippen molar-refractivity contribution < 1.29 is 0 Å². The quantitative estimate of drug-likeness (QED) is 0.619. The predicted molar refractivity (Wildman–Crippen MR) is 86.7 cm³/mol. The molecular formula is C15H7IN6. The van der Waals surface area contributed by atoms with E-state index in [1.807, 2.05) is 12.1 Å². The van der Waals surface area contributed by atoms with Crippen LogP contribution >= 0.6 is 22.6 Å². The van der Waals surface area contributed by atoms with E-state index in [1.165, 1.54) is 0 Å². The number of nitriles is 2. The maximum atomic E-state index is 8.94. The normalized spacial score (nSPS) is 9.95. The minimum atomic E-state index is 0.328. The first kappa shape index (κ1) is 14.2. The van der Waals surface area contributed by atoms with E-state index < -0.39 is 0 Å². The summed E-state index contributed by atoms with van der Waals surface area (Å²) >= 11 is 2.15. The van der Waals surface area contributed by atoms with E-state index in [9.17, 15) is 0 Å². The Hall–Kier alpha value is -2.78. The molecule has 0 atom stereocenters. The predicted octanol–water partition coefficient (Wildman–Crippen LogP) is 2.68. The molecule has 0 aromatic carbocycles. The second-order valence-corrected chi connectivity index (χ2v) is 5.45. The van der Waals surface area contributed by atoms with Crippen molar-refractivity contribution in [3.8, 4) is 29.3 Å². The van der Waals surface area contributed by atoms with Gasteiger partial charge in [-0.1, -0.05) is 12.1 Å². The molecule has 22 heavy (non-hydrogen) atoms. The molecule has 0 fully saturated rings. The molecule has 0 amide bonds. The smallest absolute Gasteiger partial charge is 0.154 e. The zero-order chi connectivity index (χ0) is 15.5. The summed E-state index contributed by atoms with van der Waals surface area (Å²) in [5.74, 6) is 0.555. The molecule has 6 nitrogen and oxygen atoms in total. The van der Waals surface area contributed by atoms with Gasteiger partial charge < -0.3 is 0 Å². The van der Waals surface area contributed by atoms with Crippen LogP contribution in [-0.2, 0) is 0 Å². The third kappa shape index (κ3) is 2.67. The Balaban J connectivity index is 2.07. The van der Waals surface area contributed by atoms with E-state index in [-0.39, 0.29) is 0 Å². The van der Waals surface area contributed by atoms with Crippen LogP contribution in [0.3, 0.4) is 0 Å². The van der Waals surface area contributed by atoms with Crippen LogP contribution in [0.15, 0.2) is 42.6 Å². The summed E-state index contributed by atoms with van der Waals surface area (Å²) in [6.45, 7) is 0. The molecule has 0 saturated carbocycles. The molecule has 104 valence electrons. The van der Waals surface area contributed by atoms with Crippen LogP contribution in [0.4, 0.5) is 0 Å². The van der Waals surface area contributed by atoms with E-state index in [0.717, 1.165) is 3.57 Å². The van der Waals surface area contributed by atoms with Crippen LogP contribution in [0.5, 0.6) is 0 Å². The lowest BCUT2D eigenvalue weighted by atomic mass is 10.2. The maximum Gasteiger partial charge on any atom is 0.154 e. The first-order valence-electron chi connectivity index (χ1n) is 6.21. The molecule has 0 saturated heterocycles. The highest BCUT2D eigenvalue weighted by atomic mass is 127. The Morgan fingerprint density at radius 2 is 1.64 bits per heavy atom. The highest BCUT2D eigenvalue weighted by molar-refractivity contribution is 14.1. The summed E-state index contributed by atoms with van der Waals surface area (Å²) in [6.07, 6.45) is 1.81. The third-order valence-electron chi connectivity index (χ3n) is 2.86. The van der Waals surface area contributed by atoms with Crippen LogP contribution in [-0.4, -0.2) is 19.7 Å². The van der Waals surface area contributed by atoms with E-state index in [0.29, 0.717) is 28.6 Å². The fraction of sp³-hybridized carbons (Fsp3) is 0. The van der Waals surface area contributed by atoms with Crippen molar-refractivity contribution in [1.82, 2.24) is 19.7 Å². The summed E-state index contributed by atoms with van der Waals surface area (Å²) in [4.78, 5) is 8.46. The molecule has 0 radical (unpaired) electrons. The Morgan fingerprint density at radius 3 is 2.36 bits per heavy atom. The van der Waals surface area contributed by atoms with Crippen LogP contribution in [0, 0.1) is 26.2 Å². The van der Waals surface area contributed by atoms with Gasteiger partial charge in [0.1, 0.15) is 29.2 Å². The molecule has 3 aromatic heterocycles. The summed E-state index contributed by atoms with van der Waals surface area (Å²) in [7, 11) is 0. The fourth-order valence-corrected chi connectivity index (χ4v) is 2.53. The highest BCUT2D eigenvalue weighted by Crippen LogP contribution is 2.23. The van der Waals surface area contributed by atoms with E-state index in [2.05, 4.69) is 37.7 Å². The van der Waals surface area contributed by atoms with Crippen LogP contribution in [0.25, 0.3) is 17.2 Å². The number of halogens is 1. The van der Waals surface area contributed by atoms with Crippen molar-refractivity contribution in [2.75, 3.05) is 0 Å². The Morgan fingerprint density at radius 1 is 0.955 bits per heavy atom. The first-order valence-corrected chi connectivity index (χ1v) is 7.29. The summed E-state index contributed by atoms with van der Waals surface area (Å²) in [5.41, 5.74) is 1.96. The molecule has 3 aromatic rings. The molecule has 3 rings (SSSR count). The van der Waals surface area contributed by atoms with Crippen LogP contribution in [0.2, 0.25) is 0 Å². The van der Waals surface area contributed by atoms with Crippen LogP contribution < -0.4 is 0 Å². The lowest BCUT2D eigenvalue weighted by Crippen LogP contribution is -1.99. The molecule has 0 aliphatic rings. The minimum absolute atomic E-state index is 0.328. The number of hydrogen-bond acceptors (Lipinski definition) is 5. The van der Waals surface area contributed by atoms with Crippen molar-refractivity contribution in [2.24, 2.45) is 0 Å². The molecule has 0 spiro atoms. The van der Waals surface area contributed by atoms with Gasteiger partial charge in [-0.3, -0.25) is 0 Å². The van der Waals surface area contributed by atoms with Crippen molar-refractivity contribution in [1.29, 1.82) is 10.5 Å². The number of rotatable bonds is 2. The van der Waals surface area contributed by atoms with Crippen molar-refractivity contribution >= 4 is 22.6 Å². The van der Waals surface area contributed by atoms with Crippen molar-refractivity contribution in [3.63, 3.8) is 0 Å². The van der Waals surface area contributed by atoms with Gasteiger partial charge in [0.15, 0.2) is 5.82 Å². The van der Waals surface area contributed by atoms with Gasteiger partial charge in [0.25, 0.3) is 0 Å². The number of pyridine rings is 2. The van der Waals surface area contributed by atoms with Gasteiger partial charge in [-0.15, -0.1) is 0 Å². The largest absolute Gasteiger partial charge is 0.235 e. The molecule has 7 heteroatoms. The second kappa shape index (κ2) is 5.92. The number of aromatic nitrogens is 4. The fourth-order valence-electron chi connectivity index (χ4n) is 1.89. The van der Waals surface area contributed by atoms with Gasteiger partial charge in [0, 0.05) is 6.20 Å². The molecular weight excluding hydrogens is 391 g/mol. The van der Waals surface area contributed by atoms with Gasteiger partial charge in [-0.2, -0.15) is 15.6 Å². The third-order valence-corrected chi connectivity index (χ3v) is 3.65. The number of hydrogen-bond donors (Lipinski definition) is 0. The summed E-state index contributed by atoms with van der Waals surface area (Å²) < 4.78 is 2.47. The number of nitrogens with zero attached hydrogens (tertiary/aromatic N) is 6. The van der Waals surface area contributed by atoms with Gasteiger partial charge in [-0.05, 0) is 46.9 Å². The lowest BCUT2D eigenvalue weighted by Gasteiger charge is -2.00. The van der Waals surface area contributed by atoms with Crippen molar-refractivity contribution in [2.45, 2.75) is 0 Å². The van der Waals surface area contributed by atoms with Gasteiger partial charge in [0.2, 0.25) is 0 Å². The molecule has 3 heterocycles. The second-order valence-electron chi connectivity index (χ2n) is 4.28. The topological polar surface area (TPSA) is 91.2 Å². The zero-order valence-electron chi connectivity index (χ0n) is 11.1. The first-order chi connectivity index (χ1) is 10.7. The highest BCUT2D eigenvalue weighted by Gasteiger charge is 2.12.